The van der Waals surface area contributed by atoms with Crippen molar-refractivity contribution in [2.45, 2.75) is 17.7 Å². The largest absolute Gasteiger partial charge is 0.299 e. The van der Waals surface area contributed by atoms with E-state index in [4.69, 9.17) is 0 Å². The first kappa shape index (κ1) is 13.5. The van der Waals surface area contributed by atoms with E-state index in [2.05, 4.69) is 0 Å². The molecular formula is C14H15NO3S. The molecule has 1 aromatic carbocycles. The number of nitrogens with zero attached hydrogens (tertiary/aromatic N) is 1. The zero-order chi connectivity index (χ0) is 13.7. The Bertz CT molecular complexity index is 603. The first-order chi connectivity index (χ1) is 9.14. The number of carbonyl (C=O) groups is 1. The number of allylic oxidation sites excluding steroid dienone is 3. The molecule has 0 bridgehead atoms. The Morgan fingerprint density at radius 3 is 2.58 bits per heavy atom. The molecule has 0 aliphatic carbocycles. The minimum atomic E-state index is -3.49. The Morgan fingerprint density at radius 2 is 1.89 bits per heavy atom. The van der Waals surface area contributed by atoms with Crippen molar-refractivity contribution in [3.8, 4) is 0 Å². The summed E-state index contributed by atoms with van der Waals surface area (Å²) in [7, 11) is -3.49. The highest BCUT2D eigenvalue weighted by atomic mass is 32.2. The van der Waals surface area contributed by atoms with Gasteiger partial charge in [0.1, 0.15) is 6.29 Å². The molecule has 1 aromatic rings. The van der Waals surface area contributed by atoms with Crippen molar-refractivity contribution in [2.24, 2.45) is 0 Å². The van der Waals surface area contributed by atoms with Gasteiger partial charge in [0.2, 0.25) is 0 Å². The van der Waals surface area contributed by atoms with E-state index < -0.39 is 10.0 Å². The lowest BCUT2D eigenvalue weighted by Gasteiger charge is -2.25. The molecule has 0 atom stereocenters. The van der Waals surface area contributed by atoms with E-state index in [1.54, 1.807) is 42.6 Å². The second-order valence-electron chi connectivity index (χ2n) is 4.23. The van der Waals surface area contributed by atoms with Gasteiger partial charge in [-0.25, -0.2) is 8.42 Å². The van der Waals surface area contributed by atoms with E-state index in [1.807, 2.05) is 0 Å². The zero-order valence-electron chi connectivity index (χ0n) is 10.4. The maximum Gasteiger partial charge on any atom is 0.263 e. The molecule has 19 heavy (non-hydrogen) atoms. The van der Waals surface area contributed by atoms with E-state index >= 15 is 0 Å². The standard InChI is InChI=1S/C14H15NO3S/c16-11-5-7-13-6-4-10-15(12-13)19(17,18)14-8-2-1-3-9-14/h1-3,5,7-9,11-12H,4,6,10H2/b7-5+. The summed E-state index contributed by atoms with van der Waals surface area (Å²) in [5.74, 6) is 0. The number of carbonyl (C=O) groups excluding carboxylic acids is 1. The Hall–Kier alpha value is -1.88. The first-order valence-electron chi connectivity index (χ1n) is 6.04. The van der Waals surface area contributed by atoms with Gasteiger partial charge in [-0.1, -0.05) is 24.3 Å². The third kappa shape index (κ3) is 3.12. The second-order valence-corrected chi connectivity index (χ2v) is 6.12. The molecule has 0 saturated carbocycles. The molecule has 0 N–H and O–H groups in total. The minimum Gasteiger partial charge on any atom is -0.299 e. The van der Waals surface area contributed by atoms with Gasteiger partial charge in [0.25, 0.3) is 10.0 Å². The summed E-state index contributed by atoms with van der Waals surface area (Å²) in [5.41, 5.74) is 0.845. The molecule has 2 rings (SSSR count). The van der Waals surface area contributed by atoms with Gasteiger partial charge in [0, 0.05) is 12.7 Å². The normalized spacial score (nSPS) is 16.4. The molecule has 0 unspecified atom stereocenters. The third-order valence-electron chi connectivity index (χ3n) is 2.89. The van der Waals surface area contributed by atoms with E-state index in [9.17, 15) is 13.2 Å². The van der Waals surface area contributed by atoms with E-state index in [1.165, 1.54) is 10.4 Å². The first-order valence-corrected chi connectivity index (χ1v) is 7.48. The predicted molar refractivity (Wildman–Crippen MR) is 72.9 cm³/mol. The molecule has 0 spiro atoms. The maximum atomic E-state index is 12.4. The average Bonchev–Trinajstić information content (AvgIpc) is 2.46. The van der Waals surface area contributed by atoms with Crippen molar-refractivity contribution in [1.29, 1.82) is 0 Å². The van der Waals surface area contributed by atoms with Crippen molar-refractivity contribution >= 4 is 16.3 Å². The fraction of sp³-hybridized carbons (Fsp3) is 0.214. The zero-order valence-corrected chi connectivity index (χ0v) is 11.2. The Kier molecular flexibility index (Phi) is 4.16. The van der Waals surface area contributed by atoms with Crippen LogP contribution in [-0.4, -0.2) is 25.6 Å². The summed E-state index contributed by atoms with van der Waals surface area (Å²) in [6.07, 6.45) is 6.85. The summed E-state index contributed by atoms with van der Waals surface area (Å²) < 4.78 is 26.1. The van der Waals surface area contributed by atoms with Gasteiger partial charge < -0.3 is 0 Å². The molecule has 0 radical (unpaired) electrons. The number of hydrogen-bond donors (Lipinski definition) is 0. The average molecular weight is 277 g/mol. The van der Waals surface area contributed by atoms with Gasteiger partial charge in [0.15, 0.2) is 0 Å². The summed E-state index contributed by atoms with van der Waals surface area (Å²) in [5, 5.41) is 0. The summed E-state index contributed by atoms with van der Waals surface area (Å²) in [6, 6.07) is 8.35. The number of aldehydes is 1. The highest BCUT2D eigenvalue weighted by molar-refractivity contribution is 7.89. The smallest absolute Gasteiger partial charge is 0.263 e. The molecule has 1 aliphatic rings. The van der Waals surface area contributed by atoms with Gasteiger partial charge in [-0.15, -0.1) is 0 Å². The van der Waals surface area contributed by atoms with Crippen molar-refractivity contribution in [3.05, 3.63) is 54.3 Å². The fourth-order valence-corrected chi connectivity index (χ4v) is 3.38. The van der Waals surface area contributed by atoms with Crippen molar-refractivity contribution in [1.82, 2.24) is 4.31 Å². The molecule has 100 valence electrons. The lowest BCUT2D eigenvalue weighted by Crippen LogP contribution is -2.29. The van der Waals surface area contributed by atoms with Crippen LogP contribution in [0.3, 0.4) is 0 Å². The van der Waals surface area contributed by atoms with Crippen molar-refractivity contribution < 1.29 is 13.2 Å². The molecule has 0 aromatic heterocycles. The van der Waals surface area contributed by atoms with Crippen LogP contribution in [0.15, 0.2) is 59.2 Å². The van der Waals surface area contributed by atoms with Crippen LogP contribution in [0.4, 0.5) is 0 Å². The lowest BCUT2D eigenvalue weighted by atomic mass is 10.1. The van der Waals surface area contributed by atoms with Crippen molar-refractivity contribution in [2.75, 3.05) is 6.54 Å². The van der Waals surface area contributed by atoms with E-state index in [0.717, 1.165) is 18.4 Å². The van der Waals surface area contributed by atoms with Crippen LogP contribution in [0.1, 0.15) is 12.8 Å². The van der Waals surface area contributed by atoms with Crippen LogP contribution in [0.25, 0.3) is 0 Å². The molecule has 0 amide bonds. The van der Waals surface area contributed by atoms with Crippen LogP contribution in [0, 0.1) is 0 Å². The van der Waals surface area contributed by atoms with Crippen LogP contribution < -0.4 is 0 Å². The van der Waals surface area contributed by atoms with Gasteiger partial charge in [-0.2, -0.15) is 0 Å². The van der Waals surface area contributed by atoms with Gasteiger partial charge in [0.05, 0.1) is 4.90 Å². The van der Waals surface area contributed by atoms with Gasteiger partial charge >= 0.3 is 0 Å². The van der Waals surface area contributed by atoms with Gasteiger partial charge in [-0.3, -0.25) is 9.10 Å². The SMILES string of the molecule is O=C/C=C/C1=CN(S(=O)(=O)c2ccccc2)CCC1. The predicted octanol–water partition coefficient (Wildman–Crippen LogP) is 2.11. The Morgan fingerprint density at radius 1 is 1.16 bits per heavy atom. The molecular weight excluding hydrogens is 262 g/mol. The van der Waals surface area contributed by atoms with E-state index in [0.29, 0.717) is 12.8 Å². The van der Waals surface area contributed by atoms with Gasteiger partial charge in [-0.05, 0) is 36.6 Å². The number of hydrogen-bond acceptors (Lipinski definition) is 3. The quantitative estimate of drug-likeness (QED) is 0.625. The number of benzene rings is 1. The molecule has 4 nitrogen and oxygen atoms in total. The fourth-order valence-electron chi connectivity index (χ4n) is 1.96. The van der Waals surface area contributed by atoms with Crippen LogP contribution in [-0.2, 0) is 14.8 Å². The third-order valence-corrected chi connectivity index (χ3v) is 4.67. The minimum absolute atomic E-state index is 0.284. The highest BCUT2D eigenvalue weighted by Gasteiger charge is 2.23. The van der Waals surface area contributed by atoms with Crippen LogP contribution in [0.5, 0.6) is 0 Å². The molecule has 5 heteroatoms. The molecule has 0 saturated heterocycles. The Labute approximate surface area is 113 Å². The lowest BCUT2D eigenvalue weighted by molar-refractivity contribution is -0.104. The number of sulfonamides is 1. The topological polar surface area (TPSA) is 54.5 Å². The molecule has 0 fully saturated rings. The summed E-state index contributed by atoms with van der Waals surface area (Å²) in [6.45, 7) is 0.468. The second kappa shape index (κ2) is 5.84. The van der Waals surface area contributed by atoms with Crippen LogP contribution >= 0.6 is 0 Å². The van der Waals surface area contributed by atoms with E-state index in [-0.39, 0.29) is 4.90 Å². The highest BCUT2D eigenvalue weighted by Crippen LogP contribution is 2.23. The molecule has 1 heterocycles. The number of rotatable bonds is 4. The maximum absolute atomic E-state index is 12.4. The Balaban J connectivity index is 2.31. The van der Waals surface area contributed by atoms with Crippen LogP contribution in [0.2, 0.25) is 0 Å². The monoisotopic (exact) mass is 277 g/mol. The molecule has 1 aliphatic heterocycles. The summed E-state index contributed by atoms with van der Waals surface area (Å²) in [4.78, 5) is 10.6. The summed E-state index contributed by atoms with van der Waals surface area (Å²) >= 11 is 0. The van der Waals surface area contributed by atoms with Crippen molar-refractivity contribution in [3.63, 3.8) is 0 Å².